The second-order valence-corrected chi connectivity index (χ2v) is 24.9. The summed E-state index contributed by atoms with van der Waals surface area (Å²) in [4.78, 5) is 71.4. The largest absolute Gasteiger partial charge is 0.497 e. The minimum atomic E-state index is -1.91. The van der Waals surface area contributed by atoms with E-state index >= 15 is 4.79 Å². The molecule has 8 aromatic carbocycles. The number of aromatic nitrogens is 1. The van der Waals surface area contributed by atoms with Gasteiger partial charge < -0.3 is 24.9 Å². The molecule has 2 N–H and O–H groups in total. The monoisotopic (exact) mass is 1210 g/mol. The molecular weight excluding hydrogens is 1160 g/mol. The van der Waals surface area contributed by atoms with Gasteiger partial charge in [-0.2, -0.15) is 0 Å². The minimum absolute atomic E-state index is 0.0173. The number of β-lactam (4-membered cyclic amide) rings is 1. The Labute approximate surface area is 509 Å². The van der Waals surface area contributed by atoms with Gasteiger partial charge in [-0.3, -0.25) is 23.5 Å². The lowest BCUT2D eigenvalue weighted by Crippen LogP contribution is -2.74. The normalized spacial score (nSPS) is 16.0. The Hall–Kier alpha value is -9.33. The molecule has 0 aliphatic carbocycles. The van der Waals surface area contributed by atoms with Gasteiger partial charge in [0.25, 0.3) is 11.8 Å². The molecule has 2 aliphatic heterocycles. The van der Waals surface area contributed by atoms with Crippen molar-refractivity contribution in [1.29, 1.82) is 0 Å². The number of thioether (sulfide) groups is 1. The van der Waals surface area contributed by atoms with Crippen LogP contribution in [-0.2, 0) is 52.5 Å². The Balaban J connectivity index is 0.929. The molecule has 2 aliphatic rings. The fraction of sp³-hybridized carbons (Fsp3) is 0.118. The van der Waals surface area contributed by atoms with E-state index in [1.165, 1.54) is 65.8 Å². The van der Waals surface area contributed by atoms with Crippen molar-refractivity contribution in [2.75, 3.05) is 23.9 Å². The van der Waals surface area contributed by atoms with E-state index in [1.54, 1.807) is 29.6 Å². The summed E-state index contributed by atoms with van der Waals surface area (Å²) in [6.07, 6.45) is 0. The molecule has 428 valence electrons. The first-order valence-electron chi connectivity index (χ1n) is 27.3. The molecule has 18 heteroatoms. The molecular formula is C68H52FN5O8S4. The van der Waals surface area contributed by atoms with Crippen LogP contribution in [0.3, 0.4) is 0 Å². The van der Waals surface area contributed by atoms with Crippen LogP contribution in [0.4, 0.5) is 9.52 Å². The highest BCUT2D eigenvalue weighted by Gasteiger charge is 2.58. The summed E-state index contributed by atoms with van der Waals surface area (Å²) in [5.74, 6) is -2.54. The number of benzene rings is 8. The smallest absolute Gasteiger partial charge is 0.355 e. The molecule has 10 aromatic rings. The number of carbonyl (C=O) groups excluding carboxylic acids is 3. The zero-order valence-corrected chi connectivity index (χ0v) is 49.2. The highest BCUT2D eigenvalue weighted by Crippen LogP contribution is 2.44. The Morgan fingerprint density at radius 3 is 1.79 bits per heavy atom. The molecule has 1 fully saturated rings. The molecule has 12 rings (SSSR count). The maximum atomic E-state index is 15.5. The van der Waals surface area contributed by atoms with E-state index in [-0.39, 0.29) is 40.6 Å². The number of ether oxygens (including phenoxy) is 2. The number of hydrogen-bond donors (Lipinski definition) is 2. The summed E-state index contributed by atoms with van der Waals surface area (Å²) < 4.78 is 41.2. The molecule has 0 saturated carbocycles. The van der Waals surface area contributed by atoms with E-state index in [0.29, 0.717) is 53.0 Å². The standard InChI is InChI=1S/C68H52FN5O8S4/c1-80-53-35-32-44(33-36-53)40-81-65(78)61-45(41-83-58-39-56(75)54-37-34-52(69)38-57(54)85-58)43-86(79)64-60(63(77)74(61)64)71-62(76)59(73-82-68(49-26-14-5-15-27-49,50-28-16-6-17-29-50)51-30-18-7-19-31-51)55-42-84-66(70-55)72-67(46-20-8-2-9-21-46,47-22-10-3-11-23-47)48-24-12-4-13-25-48/h2-39,42,60,64H,40-41,43H2,1H3,(H,70,72)(H,71,76)/b73-59-/t60?,64-,86?/m1/s1. The number of thiazole rings is 1. The molecule has 0 radical (unpaired) electrons. The first kappa shape index (κ1) is 57.1. The van der Waals surface area contributed by atoms with Gasteiger partial charge >= 0.3 is 5.97 Å². The fourth-order valence-corrected chi connectivity index (χ4v) is 15.6. The lowest BCUT2D eigenvalue weighted by molar-refractivity contribution is -0.153. The third kappa shape index (κ3) is 11.3. The molecule has 13 nitrogen and oxygen atoms in total. The van der Waals surface area contributed by atoms with E-state index in [4.69, 9.17) is 24.5 Å². The van der Waals surface area contributed by atoms with Crippen molar-refractivity contribution in [2.45, 2.75) is 33.4 Å². The molecule has 2 unspecified atom stereocenters. The Kier molecular flexibility index (Phi) is 16.7. The molecule has 86 heavy (non-hydrogen) atoms. The summed E-state index contributed by atoms with van der Waals surface area (Å²) in [6, 6.07) is 69.4. The van der Waals surface area contributed by atoms with Crippen LogP contribution in [0.25, 0.3) is 10.1 Å². The van der Waals surface area contributed by atoms with Gasteiger partial charge in [0.05, 0.1) is 27.9 Å². The SMILES string of the molecule is COc1ccc(COC(=O)C2=C(CSc3cc(=O)c4ccc(F)cc4s3)CS(=O)[C@@H]3C(NC(=O)/C(=N\OC(c4ccccc4)(c4ccccc4)c4ccccc4)c4csc(NC(c5ccccc5)(c5ccccc5)c5ccccc5)n4)C(=O)N23)cc1. The van der Waals surface area contributed by atoms with Crippen LogP contribution < -0.4 is 20.8 Å². The van der Waals surface area contributed by atoms with E-state index in [2.05, 4.69) is 10.6 Å². The van der Waals surface area contributed by atoms with Gasteiger partial charge in [0.1, 0.15) is 46.5 Å². The van der Waals surface area contributed by atoms with Gasteiger partial charge in [0.2, 0.25) is 5.60 Å². The van der Waals surface area contributed by atoms with Gasteiger partial charge in [0, 0.05) is 44.0 Å². The van der Waals surface area contributed by atoms with Crippen molar-refractivity contribution in [3.63, 3.8) is 0 Å². The topological polar surface area (TPSA) is 166 Å². The van der Waals surface area contributed by atoms with Crippen molar-refractivity contribution in [1.82, 2.24) is 15.2 Å². The maximum absolute atomic E-state index is 15.5. The molecule has 2 amide bonds. The van der Waals surface area contributed by atoms with Crippen molar-refractivity contribution in [3.05, 3.63) is 308 Å². The van der Waals surface area contributed by atoms with Crippen molar-refractivity contribution in [3.8, 4) is 5.75 Å². The molecule has 4 heterocycles. The first-order valence-corrected chi connectivity index (χ1v) is 31.3. The number of hydrogen-bond acceptors (Lipinski definition) is 14. The number of halogens is 1. The third-order valence-electron chi connectivity index (χ3n) is 15.0. The fourth-order valence-electron chi connectivity index (χ4n) is 10.8. The number of nitrogens with zero attached hydrogens (tertiary/aromatic N) is 3. The predicted molar refractivity (Wildman–Crippen MR) is 336 cm³/mol. The second-order valence-electron chi connectivity index (χ2n) is 20.1. The van der Waals surface area contributed by atoms with Crippen LogP contribution in [0.5, 0.6) is 5.75 Å². The van der Waals surface area contributed by atoms with Crippen LogP contribution in [0.15, 0.2) is 261 Å². The van der Waals surface area contributed by atoms with Gasteiger partial charge in [-0.15, -0.1) is 34.4 Å². The number of rotatable bonds is 20. The Bertz CT molecular complexity index is 4060. The molecule has 0 spiro atoms. The lowest BCUT2D eigenvalue weighted by Gasteiger charge is -2.49. The zero-order chi connectivity index (χ0) is 59.2. The Morgan fingerprint density at radius 2 is 1.26 bits per heavy atom. The first-order chi connectivity index (χ1) is 42.0. The average Bonchev–Trinajstić information content (AvgIpc) is 1.81. The third-order valence-corrected chi connectivity index (χ3v) is 19.8. The van der Waals surface area contributed by atoms with E-state index < -0.39 is 57.0 Å². The van der Waals surface area contributed by atoms with Crippen LogP contribution in [0.2, 0.25) is 0 Å². The summed E-state index contributed by atoms with van der Waals surface area (Å²) in [5.41, 5.74) is 2.66. The van der Waals surface area contributed by atoms with E-state index in [9.17, 15) is 23.0 Å². The van der Waals surface area contributed by atoms with Crippen molar-refractivity contribution in [2.24, 2.45) is 5.16 Å². The highest BCUT2D eigenvalue weighted by atomic mass is 32.2. The van der Waals surface area contributed by atoms with Crippen LogP contribution in [0.1, 0.15) is 44.6 Å². The van der Waals surface area contributed by atoms with Crippen molar-refractivity contribution < 1.29 is 37.3 Å². The van der Waals surface area contributed by atoms with Gasteiger partial charge in [0.15, 0.2) is 16.3 Å². The van der Waals surface area contributed by atoms with Crippen LogP contribution in [0, 0.1) is 5.82 Å². The number of oxime groups is 1. The number of fused-ring (bicyclic) bond motifs is 2. The van der Waals surface area contributed by atoms with Gasteiger partial charge in [-0.05, 0) is 58.2 Å². The minimum Gasteiger partial charge on any atom is -0.497 e. The lowest BCUT2D eigenvalue weighted by atomic mass is 9.77. The molecule has 2 aromatic heterocycles. The number of esters is 1. The van der Waals surface area contributed by atoms with E-state index in [0.717, 1.165) is 21.6 Å². The highest BCUT2D eigenvalue weighted by molar-refractivity contribution is 8.01. The number of methoxy groups -OCH3 is 1. The molecule has 1 saturated heterocycles. The maximum Gasteiger partial charge on any atom is 0.355 e. The van der Waals surface area contributed by atoms with Gasteiger partial charge in [-0.1, -0.05) is 199 Å². The van der Waals surface area contributed by atoms with Crippen LogP contribution in [-0.4, -0.2) is 67.6 Å². The summed E-state index contributed by atoms with van der Waals surface area (Å²) in [7, 11) is -0.373. The predicted octanol–water partition coefficient (Wildman–Crippen LogP) is 12.2. The summed E-state index contributed by atoms with van der Waals surface area (Å²) >= 11 is 3.61. The zero-order valence-electron chi connectivity index (χ0n) is 45.9. The Morgan fingerprint density at radius 1 is 0.721 bits per heavy atom. The molecule has 0 bridgehead atoms. The van der Waals surface area contributed by atoms with Crippen molar-refractivity contribution >= 4 is 83.9 Å². The summed E-state index contributed by atoms with van der Waals surface area (Å²) in [5, 5.41) is 12.7. The molecule has 3 atom stereocenters. The number of amides is 2. The van der Waals surface area contributed by atoms with Gasteiger partial charge in [-0.25, -0.2) is 14.2 Å². The second kappa shape index (κ2) is 25.1. The number of nitrogens with one attached hydrogen (secondary N) is 2. The summed E-state index contributed by atoms with van der Waals surface area (Å²) in [6.45, 7) is -0.176. The van der Waals surface area contributed by atoms with E-state index in [1.807, 2.05) is 182 Å². The average molecular weight is 1210 g/mol. The number of anilines is 1. The number of carbonyl (C=O) groups is 3. The van der Waals surface area contributed by atoms with Crippen LogP contribution >= 0.6 is 34.4 Å². The quantitative estimate of drug-likeness (QED) is 0.0186.